The molecule has 1 aromatic carbocycles. The van der Waals surface area contributed by atoms with Crippen LogP contribution in [-0.4, -0.2) is 43.3 Å². The van der Waals surface area contributed by atoms with Crippen molar-refractivity contribution in [2.45, 2.75) is 38.1 Å². The zero-order valence-corrected chi connectivity index (χ0v) is 13.3. The number of benzene rings is 1. The minimum atomic E-state index is -0.153. The number of nitrogens with one attached hydrogen (secondary N) is 1. The highest BCUT2D eigenvalue weighted by Crippen LogP contribution is 2.40. The van der Waals surface area contributed by atoms with E-state index in [4.69, 9.17) is 4.74 Å². The molecule has 2 atom stereocenters. The molecule has 0 radical (unpaired) electrons. The van der Waals surface area contributed by atoms with Gasteiger partial charge in [0.15, 0.2) is 0 Å². The molecule has 1 saturated carbocycles. The van der Waals surface area contributed by atoms with E-state index >= 15 is 0 Å². The topological polar surface area (TPSA) is 41.6 Å². The number of likely N-dealkylation sites (tertiary alicyclic amines) is 1. The molecule has 120 valence electrons. The maximum Gasteiger partial charge on any atom is 0.409 e. The largest absolute Gasteiger partial charge is 0.450 e. The number of hydrogen-bond acceptors (Lipinski definition) is 3. The first-order chi connectivity index (χ1) is 10.8. The molecule has 1 aliphatic carbocycles. The lowest BCUT2D eigenvalue weighted by Crippen LogP contribution is -2.41. The van der Waals surface area contributed by atoms with E-state index in [0.29, 0.717) is 24.5 Å². The van der Waals surface area contributed by atoms with Gasteiger partial charge in [0.05, 0.1) is 6.61 Å². The average molecular weight is 302 g/mol. The summed E-state index contributed by atoms with van der Waals surface area (Å²) >= 11 is 0. The maximum atomic E-state index is 11.7. The summed E-state index contributed by atoms with van der Waals surface area (Å²) in [5.41, 5.74) is 1.46. The number of carbonyl (C=O) groups is 1. The number of rotatable bonds is 5. The third-order valence-electron chi connectivity index (χ3n) is 4.83. The molecule has 0 spiro atoms. The van der Waals surface area contributed by atoms with Gasteiger partial charge >= 0.3 is 6.09 Å². The lowest BCUT2D eigenvalue weighted by atomic mass is 9.97. The monoisotopic (exact) mass is 302 g/mol. The summed E-state index contributed by atoms with van der Waals surface area (Å²) < 4.78 is 5.06. The van der Waals surface area contributed by atoms with Gasteiger partial charge in [0.2, 0.25) is 0 Å². The summed E-state index contributed by atoms with van der Waals surface area (Å²) in [5.74, 6) is 1.38. The van der Waals surface area contributed by atoms with Crippen molar-refractivity contribution in [1.82, 2.24) is 10.2 Å². The number of amides is 1. The fraction of sp³-hybridized carbons (Fsp3) is 0.611. The van der Waals surface area contributed by atoms with Crippen LogP contribution in [0.3, 0.4) is 0 Å². The number of hydrogen-bond donors (Lipinski definition) is 1. The lowest BCUT2D eigenvalue weighted by Gasteiger charge is -2.31. The van der Waals surface area contributed by atoms with Crippen molar-refractivity contribution in [3.63, 3.8) is 0 Å². The fourth-order valence-electron chi connectivity index (χ4n) is 3.34. The van der Waals surface area contributed by atoms with E-state index in [2.05, 4.69) is 35.6 Å². The normalized spacial score (nSPS) is 25.0. The van der Waals surface area contributed by atoms with E-state index in [-0.39, 0.29) is 6.09 Å². The minimum Gasteiger partial charge on any atom is -0.450 e. The Morgan fingerprint density at radius 1 is 1.27 bits per heavy atom. The first-order valence-electron chi connectivity index (χ1n) is 8.48. The molecule has 1 amide bonds. The van der Waals surface area contributed by atoms with Gasteiger partial charge in [-0.2, -0.15) is 0 Å². The van der Waals surface area contributed by atoms with Crippen LogP contribution in [0.25, 0.3) is 0 Å². The smallest absolute Gasteiger partial charge is 0.409 e. The predicted molar refractivity (Wildman–Crippen MR) is 86.9 cm³/mol. The summed E-state index contributed by atoms with van der Waals surface area (Å²) in [4.78, 5) is 13.5. The van der Waals surface area contributed by atoms with E-state index in [1.807, 2.05) is 11.8 Å². The highest BCUT2D eigenvalue weighted by atomic mass is 16.6. The molecular formula is C18H26N2O2. The molecule has 3 rings (SSSR count). The van der Waals surface area contributed by atoms with Crippen LogP contribution < -0.4 is 5.32 Å². The van der Waals surface area contributed by atoms with Gasteiger partial charge in [0.25, 0.3) is 0 Å². The van der Waals surface area contributed by atoms with Crippen molar-refractivity contribution in [3.8, 4) is 0 Å². The number of piperidine rings is 1. The average Bonchev–Trinajstić information content (AvgIpc) is 3.34. The lowest BCUT2D eigenvalue weighted by molar-refractivity contribution is 0.0916. The van der Waals surface area contributed by atoms with E-state index in [1.54, 1.807) is 0 Å². The molecule has 2 unspecified atom stereocenters. The van der Waals surface area contributed by atoms with Crippen molar-refractivity contribution in [2.75, 3.05) is 26.2 Å². The fourth-order valence-corrected chi connectivity index (χ4v) is 3.34. The van der Waals surface area contributed by atoms with Crippen molar-refractivity contribution in [3.05, 3.63) is 35.9 Å². The van der Waals surface area contributed by atoms with Gasteiger partial charge in [-0.15, -0.1) is 0 Å². The Morgan fingerprint density at radius 3 is 2.68 bits per heavy atom. The zero-order valence-electron chi connectivity index (χ0n) is 13.3. The number of nitrogens with zero attached hydrogens (tertiary/aromatic N) is 1. The van der Waals surface area contributed by atoms with Crippen LogP contribution in [0.15, 0.2) is 30.3 Å². The van der Waals surface area contributed by atoms with Crippen LogP contribution in [-0.2, 0) is 4.74 Å². The molecule has 4 heteroatoms. The highest BCUT2D eigenvalue weighted by molar-refractivity contribution is 5.67. The van der Waals surface area contributed by atoms with Crippen LogP contribution in [0.1, 0.15) is 37.7 Å². The highest BCUT2D eigenvalue weighted by Gasteiger charge is 2.38. The molecule has 1 heterocycles. The molecular weight excluding hydrogens is 276 g/mol. The van der Waals surface area contributed by atoms with Crippen molar-refractivity contribution >= 4 is 6.09 Å². The van der Waals surface area contributed by atoms with Crippen molar-refractivity contribution < 1.29 is 9.53 Å². The molecule has 1 aromatic rings. The molecule has 1 N–H and O–H groups in total. The van der Waals surface area contributed by atoms with Crippen LogP contribution in [0.4, 0.5) is 4.79 Å². The molecule has 1 aliphatic heterocycles. The van der Waals surface area contributed by atoms with Gasteiger partial charge in [-0.1, -0.05) is 30.3 Å². The van der Waals surface area contributed by atoms with Crippen LogP contribution in [0.5, 0.6) is 0 Å². The Hall–Kier alpha value is -1.55. The molecule has 22 heavy (non-hydrogen) atoms. The second kappa shape index (κ2) is 7.14. The Balaban J connectivity index is 1.36. The van der Waals surface area contributed by atoms with Crippen LogP contribution in [0.2, 0.25) is 0 Å². The third-order valence-corrected chi connectivity index (χ3v) is 4.83. The Morgan fingerprint density at radius 2 is 2.00 bits per heavy atom. The van der Waals surface area contributed by atoms with E-state index in [9.17, 15) is 4.79 Å². The molecule has 2 aliphatic rings. The Kier molecular flexibility index (Phi) is 4.98. The Bertz CT molecular complexity index is 483. The first kappa shape index (κ1) is 15.3. The summed E-state index contributed by atoms with van der Waals surface area (Å²) in [5, 5.41) is 3.71. The summed E-state index contributed by atoms with van der Waals surface area (Å²) in [6, 6.07) is 11.4. The van der Waals surface area contributed by atoms with Gasteiger partial charge in [0.1, 0.15) is 0 Å². The second-order valence-electron chi connectivity index (χ2n) is 6.40. The van der Waals surface area contributed by atoms with Crippen LogP contribution in [0, 0.1) is 5.92 Å². The summed E-state index contributed by atoms with van der Waals surface area (Å²) in [6.07, 6.45) is 3.26. The zero-order chi connectivity index (χ0) is 15.4. The molecule has 2 fully saturated rings. The Labute approximate surface area is 132 Å². The molecule has 0 aromatic heterocycles. The van der Waals surface area contributed by atoms with Gasteiger partial charge in [0, 0.05) is 25.0 Å². The molecule has 4 nitrogen and oxygen atoms in total. The standard InChI is InChI=1S/C18H26N2O2/c1-2-22-18(21)20-10-8-14(9-11-20)13-19-17-12-16(17)15-6-4-3-5-7-15/h3-7,14,16-17,19H,2,8-13H2,1H3. The summed E-state index contributed by atoms with van der Waals surface area (Å²) in [7, 11) is 0. The minimum absolute atomic E-state index is 0.153. The van der Waals surface area contributed by atoms with Crippen molar-refractivity contribution in [1.29, 1.82) is 0 Å². The van der Waals surface area contributed by atoms with Gasteiger partial charge in [-0.25, -0.2) is 4.79 Å². The van der Waals surface area contributed by atoms with Crippen LogP contribution >= 0.6 is 0 Å². The SMILES string of the molecule is CCOC(=O)N1CCC(CNC2CC2c2ccccc2)CC1. The number of ether oxygens (including phenoxy) is 1. The molecule has 1 saturated heterocycles. The van der Waals surface area contributed by atoms with E-state index in [1.165, 1.54) is 12.0 Å². The quantitative estimate of drug-likeness (QED) is 0.909. The van der Waals surface area contributed by atoms with E-state index < -0.39 is 0 Å². The van der Waals surface area contributed by atoms with Crippen molar-refractivity contribution in [2.24, 2.45) is 5.92 Å². The maximum absolute atomic E-state index is 11.7. The molecule has 0 bridgehead atoms. The number of carbonyl (C=O) groups excluding carboxylic acids is 1. The van der Waals surface area contributed by atoms with E-state index in [0.717, 1.165) is 32.5 Å². The van der Waals surface area contributed by atoms with Gasteiger partial charge in [-0.05, 0) is 44.2 Å². The summed E-state index contributed by atoms with van der Waals surface area (Å²) in [6.45, 7) is 5.05. The third kappa shape index (κ3) is 3.80. The van der Waals surface area contributed by atoms with Gasteiger partial charge in [-0.3, -0.25) is 0 Å². The van der Waals surface area contributed by atoms with Gasteiger partial charge < -0.3 is 15.0 Å². The first-order valence-corrected chi connectivity index (χ1v) is 8.48. The predicted octanol–water partition coefficient (Wildman–Crippen LogP) is 3.00. The second-order valence-corrected chi connectivity index (χ2v) is 6.40.